The molecule has 182 valence electrons. The molecular weight excluding hydrogens is 414 g/mol. The van der Waals surface area contributed by atoms with Crippen LogP contribution in [0.4, 0.5) is 0 Å². The second kappa shape index (κ2) is 14.3. The van der Waals surface area contributed by atoms with E-state index in [1.54, 1.807) is 0 Å². The zero-order valence-corrected chi connectivity index (χ0v) is 20.4. The van der Waals surface area contributed by atoms with E-state index in [9.17, 15) is 5.11 Å². The smallest absolute Gasteiger partial charge is 0.145 e. The lowest BCUT2D eigenvalue weighted by atomic mass is 9.98. The van der Waals surface area contributed by atoms with Crippen molar-refractivity contribution in [3.8, 4) is 5.75 Å². The number of unbranched alkanes of at least 4 members (excludes halogenated alkanes) is 2. The minimum Gasteiger partial charge on any atom is -0.491 e. The van der Waals surface area contributed by atoms with Crippen molar-refractivity contribution < 1.29 is 14.6 Å². The third-order valence-corrected chi connectivity index (χ3v) is 6.18. The summed E-state index contributed by atoms with van der Waals surface area (Å²) in [7, 11) is 0. The molecule has 1 aliphatic heterocycles. The molecule has 0 atom stereocenters. The lowest BCUT2D eigenvalue weighted by Gasteiger charge is -2.29. The molecule has 1 aromatic heterocycles. The van der Waals surface area contributed by atoms with Crippen LogP contribution in [0, 0.1) is 6.92 Å². The lowest BCUT2D eigenvalue weighted by Crippen LogP contribution is -2.36. The Kier molecular flexibility index (Phi) is 11.1. The summed E-state index contributed by atoms with van der Waals surface area (Å²) in [6.07, 6.45) is 5.24. The molecule has 2 heterocycles. The summed E-state index contributed by atoms with van der Waals surface area (Å²) in [6, 6.07) is 10.3. The van der Waals surface area contributed by atoms with Crippen molar-refractivity contribution in [3.63, 3.8) is 0 Å². The highest BCUT2D eigenvalue weighted by atomic mass is 16.5. The monoisotopic (exact) mass is 455 g/mol. The van der Waals surface area contributed by atoms with Gasteiger partial charge < -0.3 is 19.9 Å². The SMILES string of the molecule is CCCCNCCCCOc1c(C)nc(Cc2ccccc2)c(CO)c1CN1CCOCC1. The van der Waals surface area contributed by atoms with Gasteiger partial charge >= 0.3 is 0 Å². The Morgan fingerprint density at radius 2 is 1.82 bits per heavy atom. The largest absolute Gasteiger partial charge is 0.491 e. The highest BCUT2D eigenvalue weighted by Crippen LogP contribution is 2.31. The van der Waals surface area contributed by atoms with Crippen LogP contribution < -0.4 is 10.1 Å². The van der Waals surface area contributed by atoms with E-state index in [-0.39, 0.29) is 6.61 Å². The first-order valence-corrected chi connectivity index (χ1v) is 12.5. The molecule has 1 saturated heterocycles. The maximum Gasteiger partial charge on any atom is 0.145 e. The van der Waals surface area contributed by atoms with Gasteiger partial charge in [0.15, 0.2) is 0 Å². The number of aliphatic hydroxyl groups is 1. The van der Waals surface area contributed by atoms with Crippen LogP contribution in [0.5, 0.6) is 5.75 Å². The van der Waals surface area contributed by atoms with Crippen molar-refractivity contribution >= 4 is 0 Å². The third kappa shape index (κ3) is 8.07. The number of morpholine rings is 1. The van der Waals surface area contributed by atoms with E-state index in [1.165, 1.54) is 18.4 Å². The molecule has 0 saturated carbocycles. The fourth-order valence-corrected chi connectivity index (χ4v) is 4.27. The Bertz CT molecular complexity index is 823. The number of hydrogen-bond donors (Lipinski definition) is 2. The van der Waals surface area contributed by atoms with Gasteiger partial charge in [-0.2, -0.15) is 0 Å². The average molecular weight is 456 g/mol. The summed E-state index contributed by atoms with van der Waals surface area (Å²) in [5.74, 6) is 0.848. The summed E-state index contributed by atoms with van der Waals surface area (Å²) in [5, 5.41) is 13.9. The van der Waals surface area contributed by atoms with Crippen LogP contribution in [0.2, 0.25) is 0 Å². The Balaban J connectivity index is 1.75. The van der Waals surface area contributed by atoms with Gasteiger partial charge in [-0.05, 0) is 44.8 Å². The number of pyridine rings is 1. The first-order valence-electron chi connectivity index (χ1n) is 12.5. The van der Waals surface area contributed by atoms with E-state index in [2.05, 4.69) is 29.3 Å². The Morgan fingerprint density at radius 1 is 1.06 bits per heavy atom. The molecule has 1 aliphatic rings. The topological polar surface area (TPSA) is 66.8 Å². The van der Waals surface area contributed by atoms with Crippen LogP contribution in [-0.4, -0.2) is 61.0 Å². The maximum absolute atomic E-state index is 10.4. The van der Waals surface area contributed by atoms with Crippen molar-refractivity contribution in [2.45, 2.75) is 59.1 Å². The quantitative estimate of drug-likeness (QED) is 0.422. The summed E-state index contributed by atoms with van der Waals surface area (Å²) >= 11 is 0. The molecule has 0 aliphatic carbocycles. The normalized spacial score (nSPS) is 14.5. The summed E-state index contributed by atoms with van der Waals surface area (Å²) < 4.78 is 11.9. The summed E-state index contributed by atoms with van der Waals surface area (Å²) in [6.45, 7) is 11.0. The molecule has 2 aromatic rings. The molecule has 0 amide bonds. The summed E-state index contributed by atoms with van der Waals surface area (Å²) in [5.41, 5.74) is 5.03. The van der Waals surface area contributed by atoms with Gasteiger partial charge in [-0.15, -0.1) is 0 Å². The van der Waals surface area contributed by atoms with Crippen molar-refractivity contribution in [2.24, 2.45) is 0 Å². The van der Waals surface area contributed by atoms with Crippen LogP contribution in [0.3, 0.4) is 0 Å². The van der Waals surface area contributed by atoms with E-state index in [4.69, 9.17) is 14.5 Å². The minimum absolute atomic E-state index is 0.0349. The van der Waals surface area contributed by atoms with Gasteiger partial charge in [-0.3, -0.25) is 9.88 Å². The number of aromatic nitrogens is 1. The Hall–Kier alpha value is -1.99. The van der Waals surface area contributed by atoms with Gasteiger partial charge in [0.05, 0.1) is 37.8 Å². The molecular formula is C27H41N3O3. The van der Waals surface area contributed by atoms with Gasteiger partial charge in [0.2, 0.25) is 0 Å². The van der Waals surface area contributed by atoms with Crippen LogP contribution >= 0.6 is 0 Å². The molecule has 33 heavy (non-hydrogen) atoms. The molecule has 2 N–H and O–H groups in total. The van der Waals surface area contributed by atoms with E-state index < -0.39 is 0 Å². The molecule has 0 unspecified atom stereocenters. The number of aryl methyl sites for hydroxylation is 1. The fraction of sp³-hybridized carbons (Fsp3) is 0.593. The second-order valence-electron chi connectivity index (χ2n) is 8.80. The molecule has 1 fully saturated rings. The molecule has 3 rings (SSSR count). The third-order valence-electron chi connectivity index (χ3n) is 6.18. The lowest BCUT2D eigenvalue weighted by molar-refractivity contribution is 0.0335. The summed E-state index contributed by atoms with van der Waals surface area (Å²) in [4.78, 5) is 7.28. The maximum atomic E-state index is 10.4. The number of ether oxygens (including phenoxy) is 2. The zero-order valence-electron chi connectivity index (χ0n) is 20.4. The predicted molar refractivity (Wildman–Crippen MR) is 133 cm³/mol. The molecule has 6 heteroatoms. The van der Waals surface area contributed by atoms with Crippen LogP contribution in [0.1, 0.15) is 60.7 Å². The van der Waals surface area contributed by atoms with E-state index in [0.717, 1.165) is 87.0 Å². The van der Waals surface area contributed by atoms with Crippen molar-refractivity contribution in [1.29, 1.82) is 0 Å². The Morgan fingerprint density at radius 3 is 2.55 bits per heavy atom. The van der Waals surface area contributed by atoms with Gasteiger partial charge in [0.25, 0.3) is 0 Å². The van der Waals surface area contributed by atoms with Crippen molar-refractivity contribution in [3.05, 3.63) is 58.4 Å². The van der Waals surface area contributed by atoms with E-state index >= 15 is 0 Å². The molecule has 0 bridgehead atoms. The first kappa shape index (κ1) is 25.6. The number of nitrogens with zero attached hydrogens (tertiary/aromatic N) is 2. The van der Waals surface area contributed by atoms with E-state index in [1.807, 2.05) is 25.1 Å². The van der Waals surface area contributed by atoms with Crippen molar-refractivity contribution in [1.82, 2.24) is 15.2 Å². The standard InChI is InChI=1S/C27H41N3O3/c1-3-4-12-28-13-8-9-16-33-27-22(2)29-26(19-23-10-6-5-7-11-23)25(21-31)24(27)20-30-14-17-32-18-15-30/h5-7,10-11,28,31H,3-4,8-9,12-21H2,1-2H3. The average Bonchev–Trinajstić information content (AvgIpc) is 2.84. The van der Waals surface area contributed by atoms with E-state index in [0.29, 0.717) is 13.0 Å². The Labute approximate surface area is 199 Å². The highest BCUT2D eigenvalue weighted by molar-refractivity contribution is 5.46. The number of nitrogens with one attached hydrogen (secondary N) is 1. The fourth-order valence-electron chi connectivity index (χ4n) is 4.27. The zero-order chi connectivity index (χ0) is 23.3. The number of rotatable bonds is 14. The predicted octanol–water partition coefficient (Wildman–Crippen LogP) is 3.85. The van der Waals surface area contributed by atoms with Crippen LogP contribution in [0.15, 0.2) is 30.3 Å². The second-order valence-corrected chi connectivity index (χ2v) is 8.80. The molecule has 6 nitrogen and oxygen atoms in total. The van der Waals surface area contributed by atoms with Crippen LogP contribution in [0.25, 0.3) is 0 Å². The van der Waals surface area contributed by atoms with Gasteiger partial charge in [-0.25, -0.2) is 0 Å². The highest BCUT2D eigenvalue weighted by Gasteiger charge is 2.22. The van der Waals surface area contributed by atoms with Gasteiger partial charge in [0, 0.05) is 37.2 Å². The number of aliphatic hydroxyl groups excluding tert-OH is 1. The van der Waals surface area contributed by atoms with Gasteiger partial charge in [-0.1, -0.05) is 43.7 Å². The molecule has 1 aromatic carbocycles. The number of hydrogen-bond acceptors (Lipinski definition) is 6. The van der Waals surface area contributed by atoms with Crippen LogP contribution in [-0.2, 0) is 24.3 Å². The first-order chi connectivity index (χ1) is 16.2. The number of benzene rings is 1. The minimum atomic E-state index is -0.0349. The molecule has 0 radical (unpaired) electrons. The molecule has 0 spiro atoms. The van der Waals surface area contributed by atoms with Gasteiger partial charge in [0.1, 0.15) is 5.75 Å². The van der Waals surface area contributed by atoms with Crippen molar-refractivity contribution in [2.75, 3.05) is 46.0 Å².